The number of carbonyl (C=O) groups excluding carboxylic acids is 1. The molecule has 0 spiro atoms. The summed E-state index contributed by atoms with van der Waals surface area (Å²) in [6, 6.07) is 8.37. The van der Waals surface area contributed by atoms with Crippen molar-refractivity contribution in [2.45, 2.75) is 60.8 Å². The monoisotopic (exact) mass is 286 g/mol. The number of ketones is 1. The van der Waals surface area contributed by atoms with Gasteiger partial charge in [0.25, 0.3) is 0 Å². The Kier molecular flexibility index (Phi) is 6.39. The van der Waals surface area contributed by atoms with Gasteiger partial charge >= 0.3 is 0 Å². The summed E-state index contributed by atoms with van der Waals surface area (Å²) in [5, 5.41) is 0. The lowest BCUT2D eigenvalue weighted by molar-refractivity contribution is -0.126. The first kappa shape index (κ1) is 17.7. The summed E-state index contributed by atoms with van der Waals surface area (Å²) in [4.78, 5) is 12.7. The fourth-order valence-electron chi connectivity index (χ4n) is 2.86. The van der Waals surface area contributed by atoms with E-state index in [1.807, 2.05) is 13.8 Å². The van der Waals surface area contributed by atoms with Gasteiger partial charge in [0.1, 0.15) is 0 Å². The van der Waals surface area contributed by atoms with Crippen LogP contribution in [0.2, 0.25) is 0 Å². The Labute approximate surface area is 130 Å². The molecule has 2 rings (SSSR count). The number of rotatable bonds is 2. The minimum absolute atomic E-state index is 0.151. The lowest BCUT2D eigenvalue weighted by Gasteiger charge is -2.35. The second-order valence-corrected chi connectivity index (χ2v) is 6.20. The van der Waals surface area contributed by atoms with Gasteiger partial charge < -0.3 is 0 Å². The summed E-state index contributed by atoms with van der Waals surface area (Å²) in [5.74, 6) is 0.739. The normalized spacial score (nSPS) is 27.2. The van der Waals surface area contributed by atoms with Crippen molar-refractivity contribution in [3.63, 3.8) is 0 Å². The van der Waals surface area contributed by atoms with Crippen molar-refractivity contribution >= 4 is 11.9 Å². The molecule has 0 saturated heterocycles. The Morgan fingerprint density at radius 3 is 2.57 bits per heavy atom. The molecule has 1 nitrogen and oxygen atoms in total. The Bertz CT molecular complexity index is 512. The summed E-state index contributed by atoms with van der Waals surface area (Å²) in [5.41, 5.74) is 3.25. The molecule has 1 aliphatic carbocycles. The van der Waals surface area contributed by atoms with E-state index in [1.54, 1.807) is 0 Å². The van der Waals surface area contributed by atoms with E-state index in [0.717, 1.165) is 30.4 Å². The zero-order chi connectivity index (χ0) is 16.0. The first-order valence-electron chi connectivity index (χ1n) is 8.29. The summed E-state index contributed by atoms with van der Waals surface area (Å²) >= 11 is 0. The van der Waals surface area contributed by atoms with Crippen LogP contribution >= 0.6 is 0 Å². The molecule has 0 N–H and O–H groups in total. The summed E-state index contributed by atoms with van der Waals surface area (Å²) in [6.07, 6.45) is 5.18. The van der Waals surface area contributed by atoms with Gasteiger partial charge in [-0.15, -0.1) is 0 Å². The number of hydrogen-bond donors (Lipinski definition) is 0. The predicted octanol–water partition coefficient (Wildman–Crippen LogP) is 5.82. The molecule has 21 heavy (non-hydrogen) atoms. The maximum Gasteiger partial charge on any atom is 0.164 e. The van der Waals surface area contributed by atoms with Crippen LogP contribution in [0.3, 0.4) is 0 Å². The van der Waals surface area contributed by atoms with Crippen LogP contribution in [-0.2, 0) is 4.79 Å². The van der Waals surface area contributed by atoms with Crippen LogP contribution in [0.4, 0.5) is 0 Å². The highest BCUT2D eigenvalue weighted by atomic mass is 16.1. The molecular formula is C20H30O. The SMILES string of the molecule is CC.CCC1(C)CCC(C)/C(=C\c2cccc(C)c2)C1=O. The van der Waals surface area contributed by atoms with Crippen LogP contribution in [0.1, 0.15) is 65.0 Å². The van der Waals surface area contributed by atoms with Crippen LogP contribution in [0.5, 0.6) is 0 Å². The standard InChI is InChI=1S/C18H24O.C2H6/c1-5-18(4)10-9-14(3)16(17(18)19)12-15-8-6-7-13(2)11-15;1-2/h6-8,11-12,14H,5,9-10H2,1-4H3;1-2H3/b16-12+;. The van der Waals surface area contributed by atoms with Crippen molar-refractivity contribution in [2.24, 2.45) is 11.3 Å². The highest BCUT2D eigenvalue weighted by Crippen LogP contribution is 2.41. The fraction of sp³-hybridized carbons (Fsp3) is 0.550. The predicted molar refractivity (Wildman–Crippen MR) is 92.3 cm³/mol. The van der Waals surface area contributed by atoms with E-state index in [-0.39, 0.29) is 5.41 Å². The van der Waals surface area contributed by atoms with E-state index < -0.39 is 0 Å². The smallest absolute Gasteiger partial charge is 0.164 e. The van der Waals surface area contributed by atoms with Gasteiger partial charge in [-0.1, -0.05) is 64.4 Å². The van der Waals surface area contributed by atoms with Crippen LogP contribution < -0.4 is 0 Å². The number of Topliss-reactive ketones (excluding diaryl/α,β-unsaturated/α-hetero) is 1. The minimum atomic E-state index is -0.151. The highest BCUT2D eigenvalue weighted by molar-refractivity contribution is 6.04. The Hall–Kier alpha value is -1.37. The Morgan fingerprint density at radius 2 is 2.00 bits per heavy atom. The van der Waals surface area contributed by atoms with Crippen molar-refractivity contribution in [1.29, 1.82) is 0 Å². The fourth-order valence-corrected chi connectivity index (χ4v) is 2.86. The van der Waals surface area contributed by atoms with E-state index in [2.05, 4.69) is 58.0 Å². The molecule has 0 aliphatic heterocycles. The number of hydrogen-bond acceptors (Lipinski definition) is 1. The van der Waals surface area contributed by atoms with Crippen molar-refractivity contribution in [3.05, 3.63) is 41.0 Å². The molecule has 1 aromatic rings. The topological polar surface area (TPSA) is 17.1 Å². The number of aryl methyl sites for hydroxylation is 1. The molecule has 0 aromatic heterocycles. The number of allylic oxidation sites excluding steroid dienone is 1. The van der Waals surface area contributed by atoms with Crippen molar-refractivity contribution < 1.29 is 4.79 Å². The van der Waals surface area contributed by atoms with E-state index in [1.165, 1.54) is 5.56 Å². The third-order valence-corrected chi connectivity index (χ3v) is 4.62. The van der Waals surface area contributed by atoms with Crippen molar-refractivity contribution in [2.75, 3.05) is 0 Å². The van der Waals surface area contributed by atoms with Crippen molar-refractivity contribution in [1.82, 2.24) is 0 Å². The van der Waals surface area contributed by atoms with Gasteiger partial charge in [0, 0.05) is 5.41 Å². The molecule has 1 aliphatic rings. The molecule has 0 amide bonds. The minimum Gasteiger partial charge on any atom is -0.294 e. The lowest BCUT2D eigenvalue weighted by atomic mass is 9.67. The molecule has 1 fully saturated rings. The summed E-state index contributed by atoms with van der Waals surface area (Å²) in [7, 11) is 0. The summed E-state index contributed by atoms with van der Waals surface area (Å²) < 4.78 is 0. The van der Waals surface area contributed by atoms with Gasteiger partial charge in [0.2, 0.25) is 0 Å². The van der Waals surface area contributed by atoms with E-state index in [9.17, 15) is 4.79 Å². The third kappa shape index (κ3) is 4.06. The maximum absolute atomic E-state index is 12.7. The molecule has 0 radical (unpaired) electrons. The van der Waals surface area contributed by atoms with Gasteiger partial charge in [0.15, 0.2) is 5.78 Å². The number of carbonyl (C=O) groups is 1. The average molecular weight is 286 g/mol. The van der Waals surface area contributed by atoms with E-state index in [0.29, 0.717) is 11.7 Å². The third-order valence-electron chi connectivity index (χ3n) is 4.62. The molecule has 116 valence electrons. The quantitative estimate of drug-likeness (QED) is 0.626. The zero-order valence-electron chi connectivity index (χ0n) is 14.5. The first-order chi connectivity index (χ1) is 9.96. The van der Waals surface area contributed by atoms with Crippen LogP contribution in [0.15, 0.2) is 29.8 Å². The molecule has 2 unspecified atom stereocenters. The first-order valence-corrected chi connectivity index (χ1v) is 8.29. The Balaban J connectivity index is 0.00000106. The molecule has 1 saturated carbocycles. The van der Waals surface area contributed by atoms with Crippen LogP contribution in [-0.4, -0.2) is 5.78 Å². The van der Waals surface area contributed by atoms with Crippen molar-refractivity contribution in [3.8, 4) is 0 Å². The van der Waals surface area contributed by atoms with Crippen LogP contribution in [0.25, 0.3) is 6.08 Å². The number of benzene rings is 1. The zero-order valence-corrected chi connectivity index (χ0v) is 14.5. The maximum atomic E-state index is 12.7. The van der Waals surface area contributed by atoms with Gasteiger partial charge in [-0.2, -0.15) is 0 Å². The Morgan fingerprint density at radius 1 is 1.33 bits per heavy atom. The molecule has 0 bridgehead atoms. The summed E-state index contributed by atoms with van der Waals surface area (Å²) in [6.45, 7) is 12.5. The van der Waals surface area contributed by atoms with Gasteiger partial charge in [-0.05, 0) is 49.3 Å². The van der Waals surface area contributed by atoms with Gasteiger partial charge in [-0.25, -0.2) is 0 Å². The average Bonchev–Trinajstić information content (AvgIpc) is 2.50. The molecular weight excluding hydrogens is 256 g/mol. The largest absolute Gasteiger partial charge is 0.294 e. The second kappa shape index (κ2) is 7.59. The van der Waals surface area contributed by atoms with Crippen LogP contribution in [0, 0.1) is 18.3 Å². The molecule has 1 aromatic carbocycles. The molecule has 1 heteroatoms. The highest BCUT2D eigenvalue weighted by Gasteiger charge is 2.39. The van der Waals surface area contributed by atoms with E-state index in [4.69, 9.17) is 0 Å². The van der Waals surface area contributed by atoms with E-state index >= 15 is 0 Å². The second-order valence-electron chi connectivity index (χ2n) is 6.20. The van der Waals surface area contributed by atoms with Gasteiger partial charge in [0.05, 0.1) is 0 Å². The lowest BCUT2D eigenvalue weighted by Crippen LogP contribution is -2.35. The van der Waals surface area contributed by atoms with Gasteiger partial charge in [-0.3, -0.25) is 4.79 Å². The molecule has 0 heterocycles. The molecule has 2 atom stereocenters.